The highest BCUT2D eigenvalue weighted by molar-refractivity contribution is 5.95. The van der Waals surface area contributed by atoms with E-state index in [2.05, 4.69) is 5.32 Å². The summed E-state index contributed by atoms with van der Waals surface area (Å²) in [6.45, 7) is 4.24. The van der Waals surface area contributed by atoms with Gasteiger partial charge in [-0.1, -0.05) is 6.92 Å². The lowest BCUT2D eigenvalue weighted by Gasteiger charge is -2.09. The van der Waals surface area contributed by atoms with Crippen LogP contribution in [-0.4, -0.2) is 18.5 Å². The van der Waals surface area contributed by atoms with Crippen LogP contribution >= 0.6 is 0 Å². The topological polar surface area (TPSA) is 68.3 Å². The van der Waals surface area contributed by atoms with Gasteiger partial charge >= 0.3 is 0 Å². The Labute approximate surface area is 83.5 Å². The summed E-state index contributed by atoms with van der Waals surface area (Å²) >= 11 is 0. The minimum Gasteiger partial charge on any atom is -0.469 e. The number of rotatable bonds is 4. The lowest BCUT2D eigenvalue weighted by Crippen LogP contribution is -2.36. The molecule has 0 bridgehead atoms. The van der Waals surface area contributed by atoms with Crippen LogP contribution < -0.4 is 11.1 Å². The molecule has 0 fully saturated rings. The summed E-state index contributed by atoms with van der Waals surface area (Å²) in [5.41, 5.74) is 6.25. The van der Waals surface area contributed by atoms with Crippen LogP contribution in [0.25, 0.3) is 0 Å². The third kappa shape index (κ3) is 2.60. The molecule has 4 nitrogen and oxygen atoms in total. The summed E-state index contributed by atoms with van der Waals surface area (Å²) in [4.78, 5) is 11.5. The van der Waals surface area contributed by atoms with Gasteiger partial charge in [0.1, 0.15) is 5.76 Å². The molecule has 1 rings (SSSR count). The fourth-order valence-electron chi connectivity index (χ4n) is 1.08. The van der Waals surface area contributed by atoms with Crippen LogP contribution in [0.15, 0.2) is 16.7 Å². The molecule has 0 saturated carbocycles. The molecule has 1 atom stereocenters. The molecule has 3 N–H and O–H groups in total. The van der Waals surface area contributed by atoms with Gasteiger partial charge in [0.05, 0.1) is 11.8 Å². The lowest BCUT2D eigenvalue weighted by atomic mass is 10.2. The Hall–Kier alpha value is -1.29. The Balaban J connectivity index is 2.47. The first-order valence-electron chi connectivity index (χ1n) is 4.73. The van der Waals surface area contributed by atoms with Gasteiger partial charge < -0.3 is 15.5 Å². The van der Waals surface area contributed by atoms with E-state index in [4.69, 9.17) is 10.2 Å². The van der Waals surface area contributed by atoms with Crippen LogP contribution in [0.1, 0.15) is 29.5 Å². The Kier molecular flexibility index (Phi) is 3.71. The van der Waals surface area contributed by atoms with Crippen molar-refractivity contribution < 1.29 is 9.21 Å². The normalized spacial score (nSPS) is 12.5. The number of carbonyl (C=O) groups excluding carboxylic acids is 1. The molecule has 4 heteroatoms. The van der Waals surface area contributed by atoms with Crippen LogP contribution in [0.4, 0.5) is 0 Å². The molecule has 0 aliphatic heterocycles. The van der Waals surface area contributed by atoms with Gasteiger partial charge in [-0.05, 0) is 19.4 Å². The molecule has 0 spiro atoms. The predicted molar refractivity (Wildman–Crippen MR) is 54.0 cm³/mol. The molecule has 1 aromatic rings. The number of amides is 1. The van der Waals surface area contributed by atoms with Gasteiger partial charge in [-0.15, -0.1) is 0 Å². The fourth-order valence-corrected chi connectivity index (χ4v) is 1.08. The standard InChI is InChI=1S/C10H16N2O2/c1-3-8(11)6-12-10(13)9-4-5-14-7(9)2/h4-5,8H,3,6,11H2,1-2H3,(H,12,13). The smallest absolute Gasteiger partial charge is 0.254 e. The molecule has 0 aromatic carbocycles. The zero-order valence-electron chi connectivity index (χ0n) is 8.54. The second kappa shape index (κ2) is 4.81. The molecule has 1 unspecified atom stereocenters. The molecule has 0 aliphatic rings. The summed E-state index contributed by atoms with van der Waals surface area (Å²) in [6.07, 6.45) is 2.36. The Morgan fingerprint density at radius 1 is 1.71 bits per heavy atom. The van der Waals surface area contributed by atoms with Crippen LogP contribution in [0.3, 0.4) is 0 Å². The molecule has 0 radical (unpaired) electrons. The average Bonchev–Trinajstić information content (AvgIpc) is 2.60. The largest absolute Gasteiger partial charge is 0.469 e. The first-order valence-corrected chi connectivity index (χ1v) is 4.73. The molecule has 78 valence electrons. The number of nitrogens with one attached hydrogen (secondary N) is 1. The highest BCUT2D eigenvalue weighted by Gasteiger charge is 2.11. The molecule has 1 amide bonds. The second-order valence-corrected chi connectivity index (χ2v) is 3.27. The number of aryl methyl sites for hydroxylation is 1. The monoisotopic (exact) mass is 196 g/mol. The molecule has 14 heavy (non-hydrogen) atoms. The average molecular weight is 196 g/mol. The lowest BCUT2D eigenvalue weighted by molar-refractivity contribution is 0.0949. The fraction of sp³-hybridized carbons (Fsp3) is 0.500. The van der Waals surface area contributed by atoms with Gasteiger partial charge in [0, 0.05) is 12.6 Å². The van der Waals surface area contributed by atoms with Crippen molar-refractivity contribution in [3.05, 3.63) is 23.7 Å². The Bertz CT molecular complexity index is 307. The third-order valence-corrected chi connectivity index (χ3v) is 2.15. The maximum atomic E-state index is 11.5. The van der Waals surface area contributed by atoms with E-state index >= 15 is 0 Å². The maximum absolute atomic E-state index is 11.5. The van der Waals surface area contributed by atoms with Gasteiger partial charge in [0.15, 0.2) is 0 Å². The number of hydrogen-bond donors (Lipinski definition) is 2. The van der Waals surface area contributed by atoms with Crippen LogP contribution in [0.5, 0.6) is 0 Å². The molecule has 1 aromatic heterocycles. The van der Waals surface area contributed by atoms with E-state index in [0.29, 0.717) is 17.9 Å². The summed E-state index contributed by atoms with van der Waals surface area (Å²) in [5, 5.41) is 2.75. The van der Waals surface area contributed by atoms with E-state index in [9.17, 15) is 4.79 Å². The van der Waals surface area contributed by atoms with E-state index in [1.807, 2.05) is 6.92 Å². The van der Waals surface area contributed by atoms with Gasteiger partial charge in [-0.2, -0.15) is 0 Å². The van der Waals surface area contributed by atoms with Gasteiger partial charge in [0.2, 0.25) is 0 Å². The van der Waals surface area contributed by atoms with Crippen molar-refractivity contribution in [1.82, 2.24) is 5.32 Å². The molecule has 0 aliphatic carbocycles. The number of carbonyl (C=O) groups is 1. The van der Waals surface area contributed by atoms with E-state index in [-0.39, 0.29) is 11.9 Å². The van der Waals surface area contributed by atoms with Gasteiger partial charge in [-0.25, -0.2) is 0 Å². The highest BCUT2D eigenvalue weighted by Crippen LogP contribution is 2.07. The maximum Gasteiger partial charge on any atom is 0.254 e. The van der Waals surface area contributed by atoms with E-state index in [1.54, 1.807) is 13.0 Å². The minimum atomic E-state index is -0.125. The zero-order chi connectivity index (χ0) is 10.6. The number of furan rings is 1. The summed E-state index contributed by atoms with van der Waals surface area (Å²) in [6, 6.07) is 1.67. The van der Waals surface area contributed by atoms with Crippen LogP contribution in [-0.2, 0) is 0 Å². The van der Waals surface area contributed by atoms with Gasteiger partial charge in [-0.3, -0.25) is 4.79 Å². The second-order valence-electron chi connectivity index (χ2n) is 3.27. The van der Waals surface area contributed by atoms with Crippen molar-refractivity contribution in [3.8, 4) is 0 Å². The summed E-state index contributed by atoms with van der Waals surface area (Å²) < 4.78 is 5.03. The first-order chi connectivity index (χ1) is 6.65. The Morgan fingerprint density at radius 3 is 2.93 bits per heavy atom. The van der Waals surface area contributed by atoms with Crippen molar-refractivity contribution in [1.29, 1.82) is 0 Å². The highest BCUT2D eigenvalue weighted by atomic mass is 16.3. The van der Waals surface area contributed by atoms with Crippen LogP contribution in [0.2, 0.25) is 0 Å². The summed E-state index contributed by atoms with van der Waals surface area (Å²) in [7, 11) is 0. The third-order valence-electron chi connectivity index (χ3n) is 2.15. The molecular formula is C10H16N2O2. The predicted octanol–water partition coefficient (Wildman–Crippen LogP) is 1.06. The van der Waals surface area contributed by atoms with Crippen molar-refractivity contribution in [2.45, 2.75) is 26.3 Å². The quantitative estimate of drug-likeness (QED) is 0.756. The van der Waals surface area contributed by atoms with Crippen molar-refractivity contribution >= 4 is 5.91 Å². The SMILES string of the molecule is CCC(N)CNC(=O)c1ccoc1C. The minimum absolute atomic E-state index is 0.0196. The number of nitrogens with two attached hydrogens (primary N) is 1. The first kappa shape index (κ1) is 10.8. The molecule has 1 heterocycles. The van der Waals surface area contributed by atoms with Crippen molar-refractivity contribution in [2.24, 2.45) is 5.73 Å². The molecule has 0 saturated heterocycles. The van der Waals surface area contributed by atoms with E-state index in [1.165, 1.54) is 6.26 Å². The summed E-state index contributed by atoms with van der Waals surface area (Å²) in [5.74, 6) is 0.507. The zero-order valence-corrected chi connectivity index (χ0v) is 8.54. The van der Waals surface area contributed by atoms with Crippen LogP contribution in [0, 0.1) is 6.92 Å². The van der Waals surface area contributed by atoms with E-state index in [0.717, 1.165) is 6.42 Å². The van der Waals surface area contributed by atoms with Crippen molar-refractivity contribution in [3.63, 3.8) is 0 Å². The molecular weight excluding hydrogens is 180 g/mol. The van der Waals surface area contributed by atoms with Gasteiger partial charge in [0.25, 0.3) is 5.91 Å². The van der Waals surface area contributed by atoms with Crippen molar-refractivity contribution in [2.75, 3.05) is 6.54 Å². The van der Waals surface area contributed by atoms with E-state index < -0.39 is 0 Å². The number of hydrogen-bond acceptors (Lipinski definition) is 3. The Morgan fingerprint density at radius 2 is 2.43 bits per heavy atom.